The molecule has 0 radical (unpaired) electrons. The molecular weight excluding hydrogens is 877 g/mol. The predicted octanol–water partition coefficient (Wildman–Crippen LogP) is 21.6. The molecule has 0 saturated carbocycles. The van der Waals surface area contributed by atoms with Crippen LogP contribution in [0.15, 0.2) is 0 Å². The average Bonchev–Trinajstić information content (AvgIpc) is 3.35. The van der Waals surface area contributed by atoms with Gasteiger partial charge in [0.2, 0.25) is 0 Å². The van der Waals surface area contributed by atoms with E-state index in [1.807, 2.05) is 0 Å². The Kier molecular flexibility index (Phi) is 56.4. The Balaban J connectivity index is 4.25. The Bertz CT molecular complexity index is 1090. The molecule has 0 aromatic carbocycles. The fraction of sp³-hybridized carbons (Fsp3) is 0.954. The molecule has 0 aliphatic heterocycles. The maximum Gasteiger partial charge on any atom is 0.306 e. The van der Waals surface area contributed by atoms with Crippen molar-refractivity contribution in [3.63, 3.8) is 0 Å². The summed E-state index contributed by atoms with van der Waals surface area (Å²) in [7, 11) is 0. The van der Waals surface area contributed by atoms with Crippen molar-refractivity contribution in [3.8, 4) is 0 Å². The summed E-state index contributed by atoms with van der Waals surface area (Å²) in [6.07, 6.45) is 63.9. The van der Waals surface area contributed by atoms with E-state index in [9.17, 15) is 14.4 Å². The van der Waals surface area contributed by atoms with Crippen LogP contribution >= 0.6 is 0 Å². The van der Waals surface area contributed by atoms with Crippen LogP contribution in [0, 0.1) is 11.8 Å². The summed E-state index contributed by atoms with van der Waals surface area (Å²) >= 11 is 0. The van der Waals surface area contributed by atoms with Crippen molar-refractivity contribution in [1.29, 1.82) is 0 Å². The van der Waals surface area contributed by atoms with Crippen molar-refractivity contribution in [2.24, 2.45) is 11.8 Å². The lowest BCUT2D eigenvalue weighted by atomic mass is 10.0. The quantitative estimate of drug-likeness (QED) is 0.0343. The molecule has 0 aliphatic carbocycles. The number of hydrogen-bond acceptors (Lipinski definition) is 6. The summed E-state index contributed by atoms with van der Waals surface area (Å²) in [5.74, 6) is 0.881. The molecule has 0 spiro atoms. The smallest absolute Gasteiger partial charge is 0.306 e. The van der Waals surface area contributed by atoms with Gasteiger partial charge in [0.15, 0.2) is 6.10 Å². The topological polar surface area (TPSA) is 78.9 Å². The van der Waals surface area contributed by atoms with Gasteiger partial charge in [-0.2, -0.15) is 0 Å². The van der Waals surface area contributed by atoms with Gasteiger partial charge >= 0.3 is 17.9 Å². The van der Waals surface area contributed by atoms with Gasteiger partial charge in [0.05, 0.1) is 0 Å². The molecule has 0 unspecified atom stereocenters. The molecule has 0 heterocycles. The second-order valence-corrected chi connectivity index (χ2v) is 23.4. The zero-order valence-corrected chi connectivity index (χ0v) is 48.9. The number of esters is 3. The largest absolute Gasteiger partial charge is 0.462 e. The monoisotopic (exact) mass is 1000 g/mol. The van der Waals surface area contributed by atoms with Crippen molar-refractivity contribution in [2.45, 2.75) is 375 Å². The minimum Gasteiger partial charge on any atom is -0.462 e. The number of hydrogen-bond donors (Lipinski definition) is 0. The maximum absolute atomic E-state index is 12.9. The van der Waals surface area contributed by atoms with Crippen LogP contribution in [0.5, 0.6) is 0 Å². The molecule has 71 heavy (non-hydrogen) atoms. The summed E-state index contributed by atoms with van der Waals surface area (Å²) in [6, 6.07) is 0. The van der Waals surface area contributed by atoms with Gasteiger partial charge in [-0.1, -0.05) is 330 Å². The molecule has 0 aliphatic rings. The summed E-state index contributed by atoms with van der Waals surface area (Å²) in [5, 5.41) is 0. The zero-order valence-electron chi connectivity index (χ0n) is 48.9. The van der Waals surface area contributed by atoms with Crippen molar-refractivity contribution in [3.05, 3.63) is 0 Å². The van der Waals surface area contributed by atoms with Crippen molar-refractivity contribution in [2.75, 3.05) is 13.2 Å². The number of carbonyl (C=O) groups is 3. The molecule has 0 N–H and O–H groups in total. The minimum atomic E-state index is -0.763. The third kappa shape index (κ3) is 59.2. The molecule has 0 rings (SSSR count). The number of rotatable bonds is 59. The molecule has 6 heteroatoms. The van der Waals surface area contributed by atoms with Gasteiger partial charge in [-0.3, -0.25) is 14.4 Å². The molecule has 0 aromatic rings. The molecule has 422 valence electrons. The Morgan fingerprint density at radius 3 is 0.690 bits per heavy atom. The van der Waals surface area contributed by atoms with Gasteiger partial charge in [-0.25, -0.2) is 0 Å². The van der Waals surface area contributed by atoms with Crippen LogP contribution in [0.3, 0.4) is 0 Å². The summed E-state index contributed by atoms with van der Waals surface area (Å²) < 4.78 is 17.0. The second-order valence-electron chi connectivity index (χ2n) is 23.4. The van der Waals surface area contributed by atoms with Gasteiger partial charge < -0.3 is 14.2 Å². The van der Waals surface area contributed by atoms with Crippen LogP contribution in [0.1, 0.15) is 369 Å². The standard InChI is InChI=1S/C65H126O6/c1-6-7-8-9-10-11-12-23-30-35-40-45-50-55-63(66)69-58-62(59-70-64(67)56-51-46-41-36-31-26-21-18-17-20-25-29-34-39-44-49-54-61(4)5)71-65(68)57-52-47-42-37-32-27-22-16-14-13-15-19-24-28-33-38-43-48-53-60(2)3/h60-62H,6-59H2,1-5H3/t62-/m0/s1. The molecular formula is C65H126O6. The van der Waals surface area contributed by atoms with E-state index >= 15 is 0 Å². The highest BCUT2D eigenvalue weighted by atomic mass is 16.6. The first kappa shape index (κ1) is 69.4. The first-order valence-electron chi connectivity index (χ1n) is 32.2. The first-order chi connectivity index (χ1) is 34.7. The number of carbonyl (C=O) groups excluding carboxylic acids is 3. The van der Waals surface area contributed by atoms with Gasteiger partial charge in [0.1, 0.15) is 13.2 Å². The first-order valence-corrected chi connectivity index (χ1v) is 32.2. The fourth-order valence-corrected chi connectivity index (χ4v) is 10.1. The van der Waals surface area contributed by atoms with Gasteiger partial charge in [-0.05, 0) is 31.1 Å². The molecule has 6 nitrogen and oxygen atoms in total. The van der Waals surface area contributed by atoms with Crippen LogP contribution in [-0.2, 0) is 28.6 Å². The van der Waals surface area contributed by atoms with Gasteiger partial charge in [-0.15, -0.1) is 0 Å². The van der Waals surface area contributed by atoms with E-state index in [4.69, 9.17) is 14.2 Å². The Morgan fingerprint density at radius 1 is 0.268 bits per heavy atom. The van der Waals surface area contributed by atoms with Crippen LogP contribution in [0.25, 0.3) is 0 Å². The molecule has 1 atom stereocenters. The van der Waals surface area contributed by atoms with Crippen molar-refractivity contribution < 1.29 is 28.6 Å². The molecule has 0 bridgehead atoms. The van der Waals surface area contributed by atoms with Crippen molar-refractivity contribution >= 4 is 17.9 Å². The normalized spacial score (nSPS) is 12.0. The van der Waals surface area contributed by atoms with Gasteiger partial charge in [0.25, 0.3) is 0 Å². The third-order valence-electron chi connectivity index (χ3n) is 15.0. The van der Waals surface area contributed by atoms with E-state index < -0.39 is 6.10 Å². The average molecular weight is 1000 g/mol. The minimum absolute atomic E-state index is 0.0617. The summed E-state index contributed by atoms with van der Waals surface area (Å²) in [4.78, 5) is 38.3. The highest BCUT2D eigenvalue weighted by Crippen LogP contribution is 2.19. The van der Waals surface area contributed by atoms with E-state index in [1.54, 1.807) is 0 Å². The zero-order chi connectivity index (χ0) is 51.8. The maximum atomic E-state index is 12.9. The van der Waals surface area contributed by atoms with Gasteiger partial charge in [0, 0.05) is 19.3 Å². The van der Waals surface area contributed by atoms with E-state index in [-0.39, 0.29) is 31.1 Å². The highest BCUT2D eigenvalue weighted by molar-refractivity contribution is 5.71. The lowest BCUT2D eigenvalue weighted by molar-refractivity contribution is -0.167. The van der Waals surface area contributed by atoms with Crippen molar-refractivity contribution in [1.82, 2.24) is 0 Å². The van der Waals surface area contributed by atoms with E-state index in [0.717, 1.165) is 69.6 Å². The molecule has 0 fully saturated rings. The molecule has 0 saturated heterocycles. The summed E-state index contributed by atoms with van der Waals surface area (Å²) in [5.41, 5.74) is 0. The molecule has 0 amide bonds. The third-order valence-corrected chi connectivity index (χ3v) is 15.0. The van der Waals surface area contributed by atoms with Crippen LogP contribution in [0.2, 0.25) is 0 Å². The fourth-order valence-electron chi connectivity index (χ4n) is 10.1. The SMILES string of the molecule is CCCCCCCCCCCCCCCC(=O)OC[C@@H](COC(=O)CCCCCCCCCCCCCCCCCCC(C)C)OC(=O)CCCCCCCCCCCCCCCCCCCCC(C)C. The summed E-state index contributed by atoms with van der Waals surface area (Å²) in [6.45, 7) is 11.5. The van der Waals surface area contributed by atoms with E-state index in [2.05, 4.69) is 34.6 Å². The highest BCUT2D eigenvalue weighted by Gasteiger charge is 2.19. The number of unbranched alkanes of at least 4 members (excludes halogenated alkanes) is 44. The predicted molar refractivity (Wildman–Crippen MR) is 307 cm³/mol. The van der Waals surface area contributed by atoms with Crippen LogP contribution in [0.4, 0.5) is 0 Å². The van der Waals surface area contributed by atoms with Crippen LogP contribution in [-0.4, -0.2) is 37.2 Å². The van der Waals surface area contributed by atoms with E-state index in [0.29, 0.717) is 19.3 Å². The number of ether oxygens (including phenoxy) is 3. The lowest BCUT2D eigenvalue weighted by Gasteiger charge is -2.18. The second kappa shape index (κ2) is 57.7. The van der Waals surface area contributed by atoms with Crippen LogP contribution < -0.4 is 0 Å². The van der Waals surface area contributed by atoms with E-state index in [1.165, 1.54) is 257 Å². The Hall–Kier alpha value is -1.59. The Labute approximate surface area is 444 Å². The molecule has 0 aromatic heterocycles. The Morgan fingerprint density at radius 2 is 0.465 bits per heavy atom. The lowest BCUT2D eigenvalue weighted by Crippen LogP contribution is -2.30.